The van der Waals surface area contributed by atoms with E-state index in [1.54, 1.807) is 18.3 Å². The van der Waals surface area contributed by atoms with Crippen LogP contribution in [0.1, 0.15) is 46.1 Å². The highest BCUT2D eigenvalue weighted by atomic mass is 35.5. The molecule has 1 amide bonds. The number of carbonyl (C=O) groups excluding carboxylic acids is 1. The van der Waals surface area contributed by atoms with Gasteiger partial charge in [0.1, 0.15) is 5.82 Å². The number of aryl methyl sites for hydroxylation is 2. The molecule has 0 aliphatic carbocycles. The number of carbonyl (C=O) groups is 1. The number of nitrogens with one attached hydrogen (secondary N) is 4. The molecule has 12 heteroatoms. The maximum Gasteiger partial charge on any atom is 0.257 e. The maximum absolute atomic E-state index is 13.0. The molecule has 2 aromatic carbocycles. The number of fused-ring (bicyclic) bond motifs is 1. The minimum absolute atomic E-state index is 0.190. The van der Waals surface area contributed by atoms with E-state index in [2.05, 4.69) is 31.2 Å². The summed E-state index contributed by atoms with van der Waals surface area (Å²) in [7, 11) is 0. The fourth-order valence-electron chi connectivity index (χ4n) is 4.86. The van der Waals surface area contributed by atoms with Crippen LogP contribution < -0.4 is 16.0 Å². The van der Waals surface area contributed by atoms with E-state index in [9.17, 15) is 4.79 Å². The summed E-state index contributed by atoms with van der Waals surface area (Å²) in [4.78, 5) is 22.6. The van der Waals surface area contributed by atoms with Crippen molar-refractivity contribution in [1.82, 2.24) is 29.9 Å². The predicted molar refractivity (Wildman–Crippen MR) is 159 cm³/mol. The Bertz CT molecular complexity index is 1710. The third kappa shape index (κ3) is 6.01. The number of anilines is 4. The second-order valence-electron chi connectivity index (χ2n) is 10.1. The normalized spacial score (nSPS) is 13.8. The van der Waals surface area contributed by atoms with Gasteiger partial charge in [-0.2, -0.15) is 20.2 Å². The van der Waals surface area contributed by atoms with Gasteiger partial charge in [0, 0.05) is 37.2 Å². The summed E-state index contributed by atoms with van der Waals surface area (Å²) in [5, 5.41) is 22.6. The first kappa shape index (κ1) is 26.7. The lowest BCUT2D eigenvalue weighted by Gasteiger charge is -2.22. The average Bonchev–Trinajstić information content (AvgIpc) is 3.59. The van der Waals surface area contributed by atoms with Crippen LogP contribution in [0.3, 0.4) is 0 Å². The highest BCUT2D eigenvalue weighted by Gasteiger charge is 2.22. The molecule has 1 aliphatic rings. The summed E-state index contributed by atoms with van der Waals surface area (Å²) in [6.07, 6.45) is 3.51. The Morgan fingerprint density at radius 2 is 1.98 bits per heavy atom. The Hall–Kier alpha value is -4.48. The Balaban J connectivity index is 1.26. The summed E-state index contributed by atoms with van der Waals surface area (Å²) in [6.45, 7) is 5.67. The van der Waals surface area contributed by atoms with Crippen molar-refractivity contribution in [2.75, 3.05) is 29.2 Å². The number of amides is 1. The van der Waals surface area contributed by atoms with Crippen molar-refractivity contribution >= 4 is 51.8 Å². The molecule has 0 radical (unpaired) electrons. The van der Waals surface area contributed by atoms with Crippen LogP contribution in [0.25, 0.3) is 11.0 Å². The van der Waals surface area contributed by atoms with Crippen molar-refractivity contribution in [1.29, 1.82) is 0 Å². The van der Waals surface area contributed by atoms with Crippen LogP contribution in [0, 0.1) is 13.8 Å². The topological polar surface area (TPSA) is 135 Å². The first-order chi connectivity index (χ1) is 19.9. The molecule has 4 N–H and O–H groups in total. The van der Waals surface area contributed by atoms with Gasteiger partial charge < -0.3 is 20.7 Å². The lowest BCUT2D eigenvalue weighted by Crippen LogP contribution is -2.21. The number of H-pyrrole nitrogens is 1. The van der Waals surface area contributed by atoms with Gasteiger partial charge in [-0.15, -0.1) is 0 Å². The molecule has 0 saturated carbocycles. The van der Waals surface area contributed by atoms with Crippen LogP contribution in [0.5, 0.6) is 0 Å². The zero-order chi connectivity index (χ0) is 28.3. The van der Waals surface area contributed by atoms with E-state index in [4.69, 9.17) is 26.3 Å². The Kier molecular flexibility index (Phi) is 7.53. The molecule has 0 atom stereocenters. The van der Waals surface area contributed by atoms with Gasteiger partial charge in [-0.3, -0.25) is 9.89 Å². The third-order valence-electron chi connectivity index (χ3n) is 6.94. The molecule has 1 saturated heterocycles. The van der Waals surface area contributed by atoms with Gasteiger partial charge in [0.25, 0.3) is 5.91 Å². The van der Waals surface area contributed by atoms with E-state index in [0.29, 0.717) is 53.6 Å². The Labute approximate surface area is 241 Å². The van der Waals surface area contributed by atoms with Crippen LogP contribution in [0.2, 0.25) is 5.02 Å². The fraction of sp³-hybridized carbons (Fsp3) is 0.276. The maximum atomic E-state index is 13.0. The molecule has 0 bridgehead atoms. The van der Waals surface area contributed by atoms with Gasteiger partial charge in [0.15, 0.2) is 11.5 Å². The minimum atomic E-state index is -0.277. The molecule has 3 aromatic heterocycles. The number of halogens is 1. The van der Waals surface area contributed by atoms with Gasteiger partial charge in [0.2, 0.25) is 5.95 Å². The third-order valence-corrected chi connectivity index (χ3v) is 7.27. The molecule has 0 spiro atoms. The Morgan fingerprint density at radius 1 is 1.12 bits per heavy atom. The van der Waals surface area contributed by atoms with Gasteiger partial charge in [0.05, 0.1) is 28.2 Å². The molecule has 1 fully saturated rings. The standard InChI is InChI=1S/C29H30ClN9O2/c1-17-4-3-5-20(12-17)33-28(40)22-14-19(6-7-24(22)30)15-31-29-35-26(34-25-13-18(2)37-38-25)23-16-32-39(27(23)36-29)21-8-10-41-11-9-21/h3-7,12-14,16,21H,8-11,15H2,1-2H3,(H,33,40)(H3,31,34,35,36,37,38). The zero-order valence-corrected chi connectivity index (χ0v) is 23.5. The number of rotatable bonds is 8. The fourth-order valence-corrected chi connectivity index (χ4v) is 5.06. The number of hydrogen-bond donors (Lipinski definition) is 4. The van der Waals surface area contributed by atoms with Crippen LogP contribution in [-0.2, 0) is 11.3 Å². The summed E-state index contributed by atoms with van der Waals surface area (Å²) < 4.78 is 7.51. The molecule has 0 unspecified atom stereocenters. The van der Waals surface area contributed by atoms with Crippen molar-refractivity contribution < 1.29 is 9.53 Å². The first-order valence-corrected chi connectivity index (χ1v) is 13.8. The van der Waals surface area contributed by atoms with E-state index < -0.39 is 0 Å². The van der Waals surface area contributed by atoms with Gasteiger partial charge >= 0.3 is 0 Å². The predicted octanol–water partition coefficient (Wildman–Crippen LogP) is 5.78. The van der Waals surface area contributed by atoms with E-state index in [-0.39, 0.29) is 11.9 Å². The smallest absolute Gasteiger partial charge is 0.257 e. The van der Waals surface area contributed by atoms with Crippen LogP contribution in [0.4, 0.5) is 23.3 Å². The van der Waals surface area contributed by atoms with E-state index in [1.165, 1.54) is 0 Å². The van der Waals surface area contributed by atoms with Crippen molar-refractivity contribution in [2.24, 2.45) is 0 Å². The minimum Gasteiger partial charge on any atom is -0.381 e. The van der Waals surface area contributed by atoms with Gasteiger partial charge in [-0.1, -0.05) is 29.8 Å². The number of nitrogens with zero attached hydrogens (tertiary/aromatic N) is 5. The van der Waals surface area contributed by atoms with Crippen LogP contribution in [0.15, 0.2) is 54.7 Å². The SMILES string of the molecule is Cc1cccc(NC(=O)c2cc(CNc3nc(Nc4cc(C)[nH]n4)c4cnn(C5CCOCC5)c4n3)ccc2Cl)c1. The quantitative estimate of drug-likeness (QED) is 0.184. The monoisotopic (exact) mass is 571 g/mol. The molecular formula is C29H30ClN9O2. The molecule has 6 rings (SSSR count). The number of aromatic nitrogens is 6. The second-order valence-corrected chi connectivity index (χ2v) is 10.5. The molecule has 41 heavy (non-hydrogen) atoms. The van der Waals surface area contributed by atoms with Crippen LogP contribution >= 0.6 is 11.6 Å². The highest BCUT2D eigenvalue weighted by molar-refractivity contribution is 6.34. The van der Waals surface area contributed by atoms with Gasteiger partial charge in [-0.05, 0) is 62.1 Å². The van der Waals surface area contributed by atoms with Crippen LogP contribution in [-0.4, -0.2) is 49.1 Å². The van der Waals surface area contributed by atoms with Gasteiger partial charge in [-0.25, -0.2) is 4.68 Å². The number of hydrogen-bond acceptors (Lipinski definition) is 8. The lowest BCUT2D eigenvalue weighted by molar-refractivity contribution is 0.0673. The molecular weight excluding hydrogens is 542 g/mol. The second kappa shape index (κ2) is 11.6. The molecule has 5 aromatic rings. The van der Waals surface area contributed by atoms with Crippen molar-refractivity contribution in [3.05, 3.63) is 82.1 Å². The van der Waals surface area contributed by atoms with Crippen molar-refractivity contribution in [3.63, 3.8) is 0 Å². The molecule has 4 heterocycles. The highest BCUT2D eigenvalue weighted by Crippen LogP contribution is 2.30. The summed E-state index contributed by atoms with van der Waals surface area (Å²) >= 11 is 6.41. The summed E-state index contributed by atoms with van der Waals surface area (Å²) in [6, 6.07) is 15.1. The van der Waals surface area contributed by atoms with Crippen molar-refractivity contribution in [2.45, 2.75) is 39.3 Å². The lowest BCUT2D eigenvalue weighted by atomic mass is 10.1. The molecule has 210 valence electrons. The molecule has 11 nitrogen and oxygen atoms in total. The van der Waals surface area contributed by atoms with Crippen molar-refractivity contribution in [3.8, 4) is 0 Å². The zero-order valence-electron chi connectivity index (χ0n) is 22.7. The van der Waals surface area contributed by atoms with E-state index in [1.807, 2.05) is 54.9 Å². The number of benzene rings is 2. The largest absolute Gasteiger partial charge is 0.381 e. The Morgan fingerprint density at radius 3 is 2.76 bits per heavy atom. The first-order valence-electron chi connectivity index (χ1n) is 13.5. The summed E-state index contributed by atoms with van der Waals surface area (Å²) in [5.41, 5.74) is 4.65. The number of aromatic amines is 1. The summed E-state index contributed by atoms with van der Waals surface area (Å²) in [5.74, 6) is 1.38. The number of ether oxygens (including phenoxy) is 1. The average molecular weight is 572 g/mol. The van der Waals surface area contributed by atoms with E-state index >= 15 is 0 Å². The molecule has 1 aliphatic heterocycles. The van der Waals surface area contributed by atoms with E-state index in [0.717, 1.165) is 40.7 Å².